The monoisotopic (exact) mass is 391 g/mol. The van der Waals surface area contributed by atoms with Gasteiger partial charge < -0.3 is 15.0 Å². The number of ether oxygens (including phenoxy) is 1. The predicted octanol–water partition coefficient (Wildman–Crippen LogP) is 2.58. The Hall–Kier alpha value is -3.68. The Morgan fingerprint density at radius 2 is 2.00 bits per heavy atom. The van der Waals surface area contributed by atoms with Crippen LogP contribution in [0, 0.1) is 0 Å². The molecule has 4 rings (SSSR count). The van der Waals surface area contributed by atoms with Gasteiger partial charge in [-0.05, 0) is 36.8 Å². The summed E-state index contributed by atoms with van der Waals surface area (Å²) < 4.78 is 7.40. The van der Waals surface area contributed by atoms with Gasteiger partial charge in [-0.1, -0.05) is 24.3 Å². The van der Waals surface area contributed by atoms with Crippen molar-refractivity contribution in [3.8, 4) is 11.4 Å². The molecular formula is C21H21N5O3. The van der Waals surface area contributed by atoms with Crippen molar-refractivity contribution in [1.82, 2.24) is 19.7 Å². The molecule has 8 heteroatoms. The minimum absolute atomic E-state index is 0.0297. The van der Waals surface area contributed by atoms with Crippen molar-refractivity contribution in [1.29, 1.82) is 0 Å². The zero-order valence-corrected chi connectivity index (χ0v) is 16.1. The quantitative estimate of drug-likeness (QED) is 0.722. The van der Waals surface area contributed by atoms with E-state index in [0.29, 0.717) is 11.4 Å². The van der Waals surface area contributed by atoms with Crippen LogP contribution in [0.25, 0.3) is 5.69 Å². The number of nitrogens with zero attached hydrogens (tertiary/aromatic N) is 4. The highest BCUT2D eigenvalue weighted by molar-refractivity contribution is 5.99. The first kappa shape index (κ1) is 18.7. The maximum Gasteiger partial charge on any atom is 0.266 e. The number of para-hydroxylation sites is 2. The van der Waals surface area contributed by atoms with E-state index in [-0.39, 0.29) is 24.3 Å². The van der Waals surface area contributed by atoms with E-state index in [1.807, 2.05) is 43.3 Å². The second-order valence-corrected chi connectivity index (χ2v) is 6.91. The SMILES string of the molecule is C[C@@H](c1ccc(-n2cncn2)cc1)N(C)C(=O)C[C@@H]1Oc2ccccc2NC1=O. The van der Waals surface area contributed by atoms with Gasteiger partial charge in [0.1, 0.15) is 18.4 Å². The van der Waals surface area contributed by atoms with E-state index >= 15 is 0 Å². The van der Waals surface area contributed by atoms with Gasteiger partial charge in [0.15, 0.2) is 6.10 Å². The van der Waals surface area contributed by atoms with Gasteiger partial charge in [0.25, 0.3) is 5.91 Å². The molecule has 0 spiro atoms. The summed E-state index contributed by atoms with van der Waals surface area (Å²) in [5.41, 5.74) is 2.48. The third-order valence-corrected chi connectivity index (χ3v) is 5.10. The van der Waals surface area contributed by atoms with Gasteiger partial charge >= 0.3 is 0 Å². The van der Waals surface area contributed by atoms with Gasteiger partial charge in [0, 0.05) is 7.05 Å². The molecule has 29 heavy (non-hydrogen) atoms. The number of fused-ring (bicyclic) bond motifs is 1. The van der Waals surface area contributed by atoms with E-state index in [9.17, 15) is 9.59 Å². The molecule has 1 N–H and O–H groups in total. The number of carbonyl (C=O) groups is 2. The minimum atomic E-state index is -0.846. The van der Waals surface area contributed by atoms with E-state index in [0.717, 1.165) is 11.3 Å². The summed E-state index contributed by atoms with van der Waals surface area (Å²) in [6.45, 7) is 1.94. The molecule has 148 valence electrons. The van der Waals surface area contributed by atoms with Crippen molar-refractivity contribution in [2.24, 2.45) is 0 Å². The van der Waals surface area contributed by atoms with Crippen molar-refractivity contribution in [3.63, 3.8) is 0 Å². The number of hydrogen-bond donors (Lipinski definition) is 1. The van der Waals surface area contributed by atoms with Crippen LogP contribution in [0.3, 0.4) is 0 Å². The molecule has 1 aliphatic rings. The molecule has 2 heterocycles. The molecule has 0 saturated carbocycles. The van der Waals surface area contributed by atoms with Crippen LogP contribution in [0.4, 0.5) is 5.69 Å². The van der Waals surface area contributed by atoms with Crippen molar-refractivity contribution in [2.75, 3.05) is 12.4 Å². The summed E-state index contributed by atoms with van der Waals surface area (Å²) in [6.07, 6.45) is 2.23. The molecular weight excluding hydrogens is 370 g/mol. The van der Waals surface area contributed by atoms with Gasteiger partial charge in [-0.15, -0.1) is 0 Å². The molecule has 2 aromatic carbocycles. The Balaban J connectivity index is 1.42. The van der Waals surface area contributed by atoms with Gasteiger partial charge in [-0.3, -0.25) is 9.59 Å². The topological polar surface area (TPSA) is 89.3 Å². The maximum absolute atomic E-state index is 12.8. The third-order valence-electron chi connectivity index (χ3n) is 5.10. The smallest absolute Gasteiger partial charge is 0.266 e. The first-order valence-corrected chi connectivity index (χ1v) is 9.30. The average molecular weight is 391 g/mol. The lowest BCUT2D eigenvalue weighted by Gasteiger charge is -2.29. The zero-order valence-electron chi connectivity index (χ0n) is 16.1. The highest BCUT2D eigenvalue weighted by Crippen LogP contribution is 2.30. The second kappa shape index (κ2) is 7.75. The molecule has 2 atom stereocenters. The van der Waals surface area contributed by atoms with Gasteiger partial charge in [-0.25, -0.2) is 9.67 Å². The Bertz CT molecular complexity index is 1020. The van der Waals surface area contributed by atoms with Crippen molar-refractivity contribution < 1.29 is 14.3 Å². The number of carbonyl (C=O) groups excluding carboxylic acids is 2. The number of nitrogens with one attached hydrogen (secondary N) is 1. The molecule has 3 aromatic rings. The molecule has 1 aromatic heterocycles. The van der Waals surface area contributed by atoms with Crippen LogP contribution >= 0.6 is 0 Å². The average Bonchev–Trinajstić information content (AvgIpc) is 3.28. The fourth-order valence-electron chi connectivity index (χ4n) is 3.22. The van der Waals surface area contributed by atoms with Gasteiger partial charge in [0.05, 0.1) is 23.8 Å². The number of rotatable bonds is 5. The van der Waals surface area contributed by atoms with Crippen LogP contribution in [-0.4, -0.2) is 44.6 Å². The summed E-state index contributed by atoms with van der Waals surface area (Å²) in [6, 6.07) is 14.8. The molecule has 0 aliphatic carbocycles. The standard InChI is InChI=1S/C21H21N5O3/c1-14(15-7-9-16(10-8-15)26-13-22-12-23-26)25(2)20(27)11-19-21(28)24-17-5-3-4-6-18(17)29-19/h3-10,12-14,19H,11H2,1-2H3,(H,24,28)/t14-,19-/m0/s1. The number of benzene rings is 2. The van der Waals surface area contributed by atoms with E-state index in [4.69, 9.17) is 4.74 Å². The summed E-state index contributed by atoms with van der Waals surface area (Å²) in [5.74, 6) is 0.0944. The first-order chi connectivity index (χ1) is 14.0. The number of anilines is 1. The van der Waals surface area contributed by atoms with Crippen LogP contribution < -0.4 is 10.1 Å². The van der Waals surface area contributed by atoms with E-state index in [1.165, 1.54) is 6.33 Å². The maximum atomic E-state index is 12.8. The van der Waals surface area contributed by atoms with Crippen LogP contribution in [0.5, 0.6) is 5.75 Å². The van der Waals surface area contributed by atoms with Crippen LogP contribution in [0.1, 0.15) is 24.9 Å². The van der Waals surface area contributed by atoms with Gasteiger partial charge in [-0.2, -0.15) is 5.10 Å². The molecule has 0 saturated heterocycles. The van der Waals surface area contributed by atoms with Crippen molar-refractivity contribution >= 4 is 17.5 Å². The van der Waals surface area contributed by atoms with E-state index in [1.54, 1.807) is 35.1 Å². The Labute approximate surface area is 168 Å². The second-order valence-electron chi connectivity index (χ2n) is 6.91. The molecule has 0 bridgehead atoms. The normalized spacial score (nSPS) is 16.3. The Morgan fingerprint density at radius 1 is 1.24 bits per heavy atom. The lowest BCUT2D eigenvalue weighted by Crippen LogP contribution is -2.41. The van der Waals surface area contributed by atoms with Crippen molar-refractivity contribution in [2.45, 2.75) is 25.5 Å². The van der Waals surface area contributed by atoms with Crippen LogP contribution in [0.15, 0.2) is 61.2 Å². The summed E-state index contributed by atoms with van der Waals surface area (Å²) in [7, 11) is 1.73. The summed E-state index contributed by atoms with van der Waals surface area (Å²) in [5, 5.41) is 6.89. The fraction of sp³-hybridized carbons (Fsp3) is 0.238. The molecule has 1 aliphatic heterocycles. The predicted molar refractivity (Wildman–Crippen MR) is 107 cm³/mol. The molecule has 0 radical (unpaired) electrons. The molecule has 0 unspecified atom stereocenters. The van der Waals surface area contributed by atoms with Gasteiger partial charge in [0.2, 0.25) is 5.91 Å². The van der Waals surface area contributed by atoms with E-state index < -0.39 is 6.10 Å². The summed E-state index contributed by atoms with van der Waals surface area (Å²) in [4.78, 5) is 30.6. The Kier molecular flexibility index (Phi) is 4.99. The first-order valence-electron chi connectivity index (χ1n) is 9.30. The van der Waals surface area contributed by atoms with Crippen LogP contribution in [-0.2, 0) is 9.59 Å². The summed E-state index contributed by atoms with van der Waals surface area (Å²) >= 11 is 0. The van der Waals surface area contributed by atoms with Crippen molar-refractivity contribution in [3.05, 3.63) is 66.7 Å². The number of aromatic nitrogens is 3. The number of amides is 2. The van der Waals surface area contributed by atoms with Crippen LogP contribution in [0.2, 0.25) is 0 Å². The van der Waals surface area contributed by atoms with E-state index in [2.05, 4.69) is 15.4 Å². The fourth-order valence-corrected chi connectivity index (χ4v) is 3.22. The highest BCUT2D eigenvalue weighted by Gasteiger charge is 2.31. The molecule has 8 nitrogen and oxygen atoms in total. The third kappa shape index (κ3) is 3.82. The minimum Gasteiger partial charge on any atom is -0.478 e. The lowest BCUT2D eigenvalue weighted by atomic mass is 10.1. The highest BCUT2D eigenvalue weighted by atomic mass is 16.5. The zero-order chi connectivity index (χ0) is 20.4. The molecule has 2 amide bonds. The Morgan fingerprint density at radius 3 is 2.72 bits per heavy atom. The number of hydrogen-bond acceptors (Lipinski definition) is 5. The molecule has 0 fully saturated rings. The lowest BCUT2D eigenvalue weighted by molar-refractivity contribution is -0.137. The largest absolute Gasteiger partial charge is 0.478 e.